The molecular formula is C41H46NO+. The van der Waals surface area contributed by atoms with Crippen molar-refractivity contribution in [3.8, 4) is 11.3 Å². The van der Waals surface area contributed by atoms with E-state index in [1.807, 2.05) is 34.7 Å². The summed E-state index contributed by atoms with van der Waals surface area (Å²) in [6.07, 6.45) is 1.96. The van der Waals surface area contributed by atoms with E-state index < -0.39 is 18.6 Å². The molecule has 0 amide bonds. The molecule has 1 aliphatic carbocycles. The number of aryl methyl sites for hydroxylation is 3. The number of benzene rings is 4. The third-order valence-electron chi connectivity index (χ3n) is 9.79. The number of nitrogens with zero attached hydrogens (tertiary/aromatic N) is 1. The van der Waals surface area contributed by atoms with Crippen molar-refractivity contribution in [3.05, 3.63) is 88.6 Å². The molecule has 0 fully saturated rings. The molecule has 7 rings (SSSR count). The highest BCUT2D eigenvalue weighted by atomic mass is 16.3. The normalized spacial score (nSPS) is 18.8. The molecule has 2 aromatic heterocycles. The molecule has 2 nitrogen and oxygen atoms in total. The molecule has 1 aliphatic rings. The van der Waals surface area contributed by atoms with Crippen LogP contribution in [0.1, 0.15) is 96.0 Å². The van der Waals surface area contributed by atoms with E-state index in [1.54, 1.807) is 16.8 Å². The van der Waals surface area contributed by atoms with Gasteiger partial charge in [-0.3, -0.25) is 0 Å². The fourth-order valence-corrected chi connectivity index (χ4v) is 7.46. The first-order valence-corrected chi connectivity index (χ1v) is 15.5. The number of pyridine rings is 1. The van der Waals surface area contributed by atoms with Crippen LogP contribution in [-0.2, 0) is 24.3 Å². The van der Waals surface area contributed by atoms with Crippen LogP contribution in [0.4, 0.5) is 0 Å². The first-order chi connectivity index (χ1) is 22.1. The standard InChI is InChI=1S/C41H46NO/c1-24-11-15-29-31-19-27-13-12-26-14-16-32-37(41(8,9)18-17-40(32,6)7)36(26)30(27)21-34(31)43-38(29)35(24)33-20-28(22-39(3,4)5)25(2)23-42(33)10/h11-16,19-21,23H,17-18,22H2,1-10H3/q+1/i2D3,22D2. The van der Waals surface area contributed by atoms with Crippen molar-refractivity contribution >= 4 is 43.5 Å². The van der Waals surface area contributed by atoms with Gasteiger partial charge in [-0.05, 0) is 105 Å². The molecule has 0 radical (unpaired) electrons. The molecule has 2 heteroatoms. The Labute approximate surface area is 263 Å². The largest absolute Gasteiger partial charge is 0.455 e. The number of aromatic nitrogens is 1. The number of fused-ring (bicyclic) bond motifs is 8. The van der Waals surface area contributed by atoms with Gasteiger partial charge in [-0.15, -0.1) is 0 Å². The molecular weight excluding hydrogens is 522 g/mol. The molecule has 0 N–H and O–H groups in total. The van der Waals surface area contributed by atoms with Crippen LogP contribution in [0.2, 0.25) is 0 Å². The molecule has 220 valence electrons. The summed E-state index contributed by atoms with van der Waals surface area (Å²) < 4.78 is 51.7. The zero-order valence-corrected chi connectivity index (χ0v) is 27.0. The topological polar surface area (TPSA) is 17.0 Å². The van der Waals surface area contributed by atoms with Gasteiger partial charge in [0.1, 0.15) is 18.2 Å². The lowest BCUT2D eigenvalue weighted by Crippen LogP contribution is -2.34. The quantitative estimate of drug-likeness (QED) is 0.149. The highest BCUT2D eigenvalue weighted by Crippen LogP contribution is 2.50. The van der Waals surface area contributed by atoms with Gasteiger partial charge in [0.05, 0.1) is 5.56 Å². The molecule has 0 bridgehead atoms. The maximum atomic E-state index is 9.13. The van der Waals surface area contributed by atoms with E-state index in [4.69, 9.17) is 11.3 Å². The van der Waals surface area contributed by atoms with E-state index >= 15 is 0 Å². The lowest BCUT2D eigenvalue weighted by atomic mass is 9.62. The highest BCUT2D eigenvalue weighted by Gasteiger charge is 2.38. The molecule has 0 atom stereocenters. The first kappa shape index (κ1) is 22.8. The summed E-state index contributed by atoms with van der Waals surface area (Å²) in [5, 5.41) is 6.90. The summed E-state index contributed by atoms with van der Waals surface area (Å²) in [6.45, 7) is 14.5. The maximum Gasteiger partial charge on any atom is 0.216 e. The Morgan fingerprint density at radius 2 is 1.58 bits per heavy atom. The predicted molar refractivity (Wildman–Crippen MR) is 183 cm³/mol. The SMILES string of the molecule is [2H]C([2H])([2H])c1c[n+](C)c(-c2c(C)ccc3c2oc2cc4c(ccc5ccc6c(c54)C(C)(C)CCC6(C)C)cc23)cc1C([2H])([2H])C(C)(C)C. The van der Waals surface area contributed by atoms with Gasteiger partial charge in [-0.2, -0.15) is 0 Å². The maximum absolute atomic E-state index is 9.13. The second-order valence-electron chi connectivity index (χ2n) is 15.2. The third kappa shape index (κ3) is 4.40. The van der Waals surface area contributed by atoms with Crippen LogP contribution < -0.4 is 4.57 Å². The second-order valence-corrected chi connectivity index (χ2v) is 15.2. The third-order valence-corrected chi connectivity index (χ3v) is 9.79. The summed E-state index contributed by atoms with van der Waals surface area (Å²) in [6, 6.07) is 19.5. The minimum Gasteiger partial charge on any atom is -0.455 e. The van der Waals surface area contributed by atoms with Crippen LogP contribution in [0.25, 0.3) is 54.7 Å². The van der Waals surface area contributed by atoms with Gasteiger partial charge in [0.15, 0.2) is 6.20 Å². The van der Waals surface area contributed by atoms with Crippen molar-refractivity contribution in [2.24, 2.45) is 12.5 Å². The van der Waals surface area contributed by atoms with Gasteiger partial charge in [-0.1, -0.05) is 84.9 Å². The lowest BCUT2D eigenvalue weighted by Gasteiger charge is -2.42. The molecule has 2 heterocycles. The Balaban J connectivity index is 1.55. The Hall–Kier alpha value is -3.65. The van der Waals surface area contributed by atoms with Crippen molar-refractivity contribution in [1.29, 1.82) is 0 Å². The minimum atomic E-state index is -2.48. The number of furan rings is 1. The Morgan fingerprint density at radius 3 is 2.33 bits per heavy atom. The van der Waals surface area contributed by atoms with E-state index in [2.05, 4.69) is 76.2 Å². The fourth-order valence-electron chi connectivity index (χ4n) is 7.46. The molecule has 6 aromatic rings. The van der Waals surface area contributed by atoms with Crippen LogP contribution >= 0.6 is 0 Å². The Bertz CT molecular complexity index is 2310. The molecule has 0 unspecified atom stereocenters. The average Bonchev–Trinajstić information content (AvgIpc) is 3.34. The van der Waals surface area contributed by atoms with Gasteiger partial charge < -0.3 is 4.42 Å². The highest BCUT2D eigenvalue weighted by molar-refractivity contribution is 6.18. The van der Waals surface area contributed by atoms with Crippen molar-refractivity contribution < 1.29 is 15.8 Å². The van der Waals surface area contributed by atoms with Crippen molar-refractivity contribution in [1.82, 2.24) is 0 Å². The second kappa shape index (κ2) is 9.18. The molecule has 4 aromatic carbocycles. The van der Waals surface area contributed by atoms with Gasteiger partial charge in [0.25, 0.3) is 0 Å². The summed E-state index contributed by atoms with van der Waals surface area (Å²) in [4.78, 5) is 0. The summed E-state index contributed by atoms with van der Waals surface area (Å²) in [7, 11) is 1.83. The van der Waals surface area contributed by atoms with E-state index in [-0.39, 0.29) is 22.0 Å². The number of hydrogen-bond donors (Lipinski definition) is 0. The van der Waals surface area contributed by atoms with Crippen molar-refractivity contribution in [2.45, 2.75) is 92.3 Å². The molecule has 43 heavy (non-hydrogen) atoms. The monoisotopic (exact) mass is 573 g/mol. The Morgan fingerprint density at radius 1 is 0.860 bits per heavy atom. The summed E-state index contributed by atoms with van der Waals surface area (Å²) >= 11 is 0. The fraction of sp³-hybridized carbons (Fsp3) is 0.390. The van der Waals surface area contributed by atoms with Crippen molar-refractivity contribution in [3.63, 3.8) is 0 Å². The number of rotatable bonds is 2. The van der Waals surface area contributed by atoms with Gasteiger partial charge >= 0.3 is 0 Å². The average molecular weight is 574 g/mol. The predicted octanol–water partition coefficient (Wildman–Crippen LogP) is 10.9. The minimum absolute atomic E-state index is 0.0238. The van der Waals surface area contributed by atoms with Crippen molar-refractivity contribution in [2.75, 3.05) is 0 Å². The number of hydrogen-bond acceptors (Lipinski definition) is 1. The van der Waals surface area contributed by atoms with Crippen LogP contribution in [0.5, 0.6) is 0 Å². The van der Waals surface area contributed by atoms with E-state index in [1.165, 1.54) is 32.7 Å². The van der Waals surface area contributed by atoms with Crippen LogP contribution in [0.15, 0.2) is 65.2 Å². The first-order valence-electron chi connectivity index (χ1n) is 18.0. The van der Waals surface area contributed by atoms with E-state index in [9.17, 15) is 0 Å². The van der Waals surface area contributed by atoms with E-state index in [0.29, 0.717) is 11.3 Å². The van der Waals surface area contributed by atoms with Gasteiger partial charge in [0.2, 0.25) is 5.69 Å². The smallest absolute Gasteiger partial charge is 0.216 e. The van der Waals surface area contributed by atoms with Gasteiger partial charge in [-0.25, -0.2) is 4.57 Å². The molecule has 0 aliphatic heterocycles. The van der Waals surface area contributed by atoms with Crippen LogP contribution in [-0.4, -0.2) is 0 Å². The van der Waals surface area contributed by atoms with E-state index in [0.717, 1.165) is 40.3 Å². The zero-order chi connectivity index (χ0) is 34.9. The van der Waals surface area contributed by atoms with Gasteiger partial charge in [0, 0.05) is 29.3 Å². The zero-order valence-electron chi connectivity index (χ0n) is 32.0. The summed E-state index contributed by atoms with van der Waals surface area (Å²) in [5.74, 6) is 0. The lowest BCUT2D eigenvalue weighted by molar-refractivity contribution is -0.660. The summed E-state index contributed by atoms with van der Waals surface area (Å²) in [5.41, 5.74) is 6.41. The molecule has 0 spiro atoms. The van der Waals surface area contributed by atoms with Crippen LogP contribution in [0.3, 0.4) is 0 Å². The molecule has 0 saturated heterocycles. The Kier molecular flexibility index (Phi) is 4.87. The molecule has 0 saturated carbocycles. The van der Waals surface area contributed by atoms with Crippen LogP contribution in [0, 0.1) is 19.2 Å².